The molecule has 3 heterocycles. The minimum absolute atomic E-state index is 0.0503. The van der Waals surface area contributed by atoms with Gasteiger partial charge in [0.2, 0.25) is 0 Å². The average Bonchev–Trinajstić information content (AvgIpc) is 3.35. The van der Waals surface area contributed by atoms with Gasteiger partial charge in [-0.2, -0.15) is 18.3 Å². The van der Waals surface area contributed by atoms with E-state index in [1.54, 1.807) is 12.4 Å². The Kier molecular flexibility index (Phi) is 4.67. The number of rotatable bonds is 5. The molecular formula is C23H20F3N5O. The van der Waals surface area contributed by atoms with Crippen molar-refractivity contribution in [2.75, 3.05) is 13.2 Å². The largest absolute Gasteiger partial charge is 0.417 e. The molecule has 1 saturated heterocycles. The van der Waals surface area contributed by atoms with E-state index in [4.69, 9.17) is 4.74 Å². The van der Waals surface area contributed by atoms with E-state index in [2.05, 4.69) is 21.9 Å². The Hall–Kier alpha value is -3.46. The standard InChI is InChI=1S/C23H20F3N5O/c1-3-15-7-19(23(24,25)26)18-11-31(29-20(18)8-15)17-6-4-5-16(9-17)22(12-32-13-22)10-21-28-27-14-30(21)2/h3-9,11,14H,1,10,12-13H2,2H3. The minimum Gasteiger partial charge on any atom is -0.379 e. The third-order valence-corrected chi connectivity index (χ3v) is 5.97. The van der Waals surface area contributed by atoms with Gasteiger partial charge in [-0.1, -0.05) is 24.8 Å². The molecule has 0 aliphatic carbocycles. The van der Waals surface area contributed by atoms with E-state index in [1.165, 1.54) is 17.0 Å². The summed E-state index contributed by atoms with van der Waals surface area (Å²) in [7, 11) is 1.89. The van der Waals surface area contributed by atoms with Crippen molar-refractivity contribution in [2.45, 2.75) is 18.0 Å². The molecule has 4 aromatic rings. The second-order valence-corrected chi connectivity index (χ2v) is 8.14. The Morgan fingerprint density at radius 1 is 1.22 bits per heavy atom. The van der Waals surface area contributed by atoms with Crippen molar-refractivity contribution in [3.05, 3.63) is 78.0 Å². The molecule has 2 aromatic carbocycles. The van der Waals surface area contributed by atoms with Gasteiger partial charge in [-0.05, 0) is 35.4 Å². The molecule has 6 nitrogen and oxygen atoms in total. The Labute approximate surface area is 181 Å². The average molecular weight is 439 g/mol. The van der Waals surface area contributed by atoms with E-state index in [-0.39, 0.29) is 16.3 Å². The smallest absolute Gasteiger partial charge is 0.379 e. The lowest BCUT2D eigenvalue weighted by molar-refractivity contribution is -0.136. The molecule has 1 aliphatic heterocycles. The molecule has 0 saturated carbocycles. The van der Waals surface area contributed by atoms with E-state index >= 15 is 0 Å². The van der Waals surface area contributed by atoms with E-state index in [9.17, 15) is 13.2 Å². The van der Waals surface area contributed by atoms with Crippen molar-refractivity contribution in [3.63, 3.8) is 0 Å². The number of fused-ring (bicyclic) bond motifs is 1. The van der Waals surface area contributed by atoms with Gasteiger partial charge in [0.15, 0.2) is 0 Å². The fourth-order valence-corrected chi connectivity index (χ4v) is 4.10. The highest BCUT2D eigenvalue weighted by Gasteiger charge is 2.42. The van der Waals surface area contributed by atoms with Crippen LogP contribution in [-0.4, -0.2) is 37.8 Å². The zero-order valence-corrected chi connectivity index (χ0v) is 17.3. The van der Waals surface area contributed by atoms with Gasteiger partial charge in [-0.15, -0.1) is 10.2 Å². The molecule has 0 spiro atoms. The Balaban J connectivity index is 1.57. The summed E-state index contributed by atoms with van der Waals surface area (Å²) in [4.78, 5) is 0. The van der Waals surface area contributed by atoms with Crippen LogP contribution in [-0.2, 0) is 29.8 Å². The topological polar surface area (TPSA) is 57.8 Å². The van der Waals surface area contributed by atoms with Crippen molar-refractivity contribution in [2.24, 2.45) is 7.05 Å². The highest BCUT2D eigenvalue weighted by Crippen LogP contribution is 2.38. The number of ether oxygens (including phenoxy) is 1. The summed E-state index contributed by atoms with van der Waals surface area (Å²) in [5.74, 6) is 0.843. The molecule has 2 aromatic heterocycles. The minimum atomic E-state index is -4.49. The predicted octanol–water partition coefficient (Wildman–Crippen LogP) is 4.33. The predicted molar refractivity (Wildman–Crippen MR) is 113 cm³/mol. The molecular weight excluding hydrogens is 419 g/mol. The second kappa shape index (κ2) is 7.30. The van der Waals surface area contributed by atoms with Crippen LogP contribution in [0.1, 0.15) is 22.5 Å². The molecule has 0 amide bonds. The first-order chi connectivity index (χ1) is 15.3. The van der Waals surface area contributed by atoms with Gasteiger partial charge in [0.1, 0.15) is 12.2 Å². The van der Waals surface area contributed by atoms with Gasteiger partial charge >= 0.3 is 6.18 Å². The van der Waals surface area contributed by atoms with Gasteiger partial charge in [-0.3, -0.25) is 0 Å². The summed E-state index contributed by atoms with van der Waals surface area (Å²) in [5, 5.41) is 12.6. The number of nitrogens with zero attached hydrogens (tertiary/aromatic N) is 5. The van der Waals surface area contributed by atoms with Gasteiger partial charge in [0.25, 0.3) is 0 Å². The Morgan fingerprint density at radius 2 is 2.03 bits per heavy atom. The maximum Gasteiger partial charge on any atom is 0.417 e. The number of benzene rings is 2. The first kappa shape index (κ1) is 20.4. The van der Waals surface area contributed by atoms with E-state index < -0.39 is 11.7 Å². The Bertz CT molecular complexity index is 1320. The molecule has 0 radical (unpaired) electrons. The number of hydrogen-bond donors (Lipinski definition) is 0. The molecule has 9 heteroatoms. The fourth-order valence-electron chi connectivity index (χ4n) is 4.10. The Morgan fingerprint density at radius 3 is 2.66 bits per heavy atom. The molecule has 1 aliphatic rings. The number of aryl methyl sites for hydroxylation is 1. The van der Waals surface area contributed by atoms with E-state index in [0.717, 1.165) is 17.5 Å². The van der Waals surface area contributed by atoms with Crippen molar-refractivity contribution >= 4 is 17.0 Å². The maximum absolute atomic E-state index is 13.6. The first-order valence-corrected chi connectivity index (χ1v) is 10.0. The van der Waals surface area contributed by atoms with Crippen LogP contribution < -0.4 is 0 Å². The van der Waals surface area contributed by atoms with Gasteiger partial charge in [0.05, 0.1) is 30.0 Å². The van der Waals surface area contributed by atoms with Crippen LogP contribution in [0.15, 0.2) is 55.5 Å². The van der Waals surface area contributed by atoms with Crippen molar-refractivity contribution < 1.29 is 17.9 Å². The third kappa shape index (κ3) is 3.38. The normalized spacial score (nSPS) is 15.6. The quantitative estimate of drug-likeness (QED) is 0.465. The molecule has 164 valence electrons. The molecule has 0 N–H and O–H groups in total. The highest BCUT2D eigenvalue weighted by atomic mass is 19.4. The molecule has 32 heavy (non-hydrogen) atoms. The summed E-state index contributed by atoms with van der Waals surface area (Å²) in [6.07, 6.45) is 0.632. The summed E-state index contributed by atoms with van der Waals surface area (Å²) >= 11 is 0. The molecule has 0 atom stereocenters. The summed E-state index contributed by atoms with van der Waals surface area (Å²) in [6, 6.07) is 10.4. The van der Waals surface area contributed by atoms with Crippen molar-refractivity contribution in [1.82, 2.24) is 24.5 Å². The van der Waals surface area contributed by atoms with Crippen LogP contribution >= 0.6 is 0 Å². The van der Waals surface area contributed by atoms with E-state index in [0.29, 0.717) is 30.9 Å². The van der Waals surface area contributed by atoms with Crippen LogP contribution in [0.3, 0.4) is 0 Å². The van der Waals surface area contributed by atoms with Gasteiger partial charge in [-0.25, -0.2) is 4.68 Å². The summed E-state index contributed by atoms with van der Waals surface area (Å²) < 4.78 is 49.8. The monoisotopic (exact) mass is 439 g/mol. The number of aromatic nitrogens is 5. The molecule has 1 fully saturated rings. The molecule has 0 bridgehead atoms. The first-order valence-electron chi connectivity index (χ1n) is 10.0. The zero-order valence-electron chi connectivity index (χ0n) is 17.3. The lowest BCUT2D eigenvalue weighted by Gasteiger charge is -2.41. The number of halogens is 3. The molecule has 5 rings (SSSR count). The lowest BCUT2D eigenvalue weighted by atomic mass is 9.75. The summed E-state index contributed by atoms with van der Waals surface area (Å²) in [5.41, 5.74) is 1.34. The van der Waals surface area contributed by atoms with E-state index in [1.807, 2.05) is 35.9 Å². The van der Waals surface area contributed by atoms with Crippen molar-refractivity contribution in [1.29, 1.82) is 0 Å². The third-order valence-electron chi connectivity index (χ3n) is 5.97. The van der Waals surface area contributed by atoms with Crippen molar-refractivity contribution in [3.8, 4) is 5.69 Å². The van der Waals surface area contributed by atoms with Crippen LogP contribution in [0.2, 0.25) is 0 Å². The van der Waals surface area contributed by atoms with Crippen LogP contribution in [0, 0.1) is 0 Å². The van der Waals surface area contributed by atoms with Gasteiger partial charge < -0.3 is 9.30 Å². The second-order valence-electron chi connectivity index (χ2n) is 8.14. The SMILES string of the molecule is C=Cc1cc(C(F)(F)F)c2cn(-c3cccc(C4(Cc5nncn5C)COC4)c3)nc2c1. The number of alkyl halides is 3. The zero-order chi connectivity index (χ0) is 22.5. The molecule has 0 unspecified atom stereocenters. The summed E-state index contributed by atoms with van der Waals surface area (Å²) in [6.45, 7) is 4.66. The van der Waals surface area contributed by atoms with Crippen LogP contribution in [0.5, 0.6) is 0 Å². The van der Waals surface area contributed by atoms with Crippen LogP contribution in [0.25, 0.3) is 22.7 Å². The highest BCUT2D eigenvalue weighted by molar-refractivity contribution is 5.85. The number of hydrogen-bond acceptors (Lipinski definition) is 4. The maximum atomic E-state index is 13.6. The van der Waals surface area contributed by atoms with Gasteiger partial charge in [0, 0.05) is 30.5 Å². The lowest BCUT2D eigenvalue weighted by Crippen LogP contribution is -2.49. The fraction of sp³-hybridized carbons (Fsp3) is 0.261. The van der Waals surface area contributed by atoms with Crippen LogP contribution in [0.4, 0.5) is 13.2 Å².